The third kappa shape index (κ3) is 2.98. The molecule has 0 aliphatic rings. The monoisotopic (exact) mass is 295 g/mol. The quantitative estimate of drug-likeness (QED) is 0.859. The summed E-state index contributed by atoms with van der Waals surface area (Å²) in [4.78, 5) is 10.6. The van der Waals surface area contributed by atoms with Gasteiger partial charge in [0, 0.05) is 6.54 Å². The summed E-state index contributed by atoms with van der Waals surface area (Å²) < 4.78 is 15.7. The lowest BCUT2D eigenvalue weighted by Gasteiger charge is -2.07. The van der Waals surface area contributed by atoms with E-state index in [1.54, 1.807) is 16.7 Å². The van der Waals surface area contributed by atoms with Crippen molar-refractivity contribution in [1.29, 1.82) is 0 Å². The minimum absolute atomic E-state index is 0.103. The number of hydrogen-bond acceptors (Lipinski definition) is 4. The maximum atomic E-state index is 14.0. The summed E-state index contributed by atoms with van der Waals surface area (Å²) >= 11 is 1.07. The Hall–Kier alpha value is -1.89. The Morgan fingerprint density at radius 1 is 1.45 bits per heavy atom. The Morgan fingerprint density at radius 3 is 2.80 bits per heavy atom. The standard InChI is InChI=1S/C13H14FN3O2S/c1-3-17-12(9-5-4-8(2)6-10(9)14)15-16-13(17)20-7-11(18)19/h4-6H,3,7H2,1-2H3,(H,18,19). The van der Waals surface area contributed by atoms with E-state index in [-0.39, 0.29) is 11.6 Å². The highest BCUT2D eigenvalue weighted by Crippen LogP contribution is 2.26. The molecule has 0 bridgehead atoms. The Balaban J connectivity index is 2.39. The summed E-state index contributed by atoms with van der Waals surface area (Å²) in [7, 11) is 0. The predicted molar refractivity (Wildman–Crippen MR) is 74.2 cm³/mol. The normalized spacial score (nSPS) is 10.8. The highest BCUT2D eigenvalue weighted by molar-refractivity contribution is 7.99. The number of carboxylic acids is 1. The van der Waals surface area contributed by atoms with Crippen molar-refractivity contribution >= 4 is 17.7 Å². The zero-order chi connectivity index (χ0) is 14.7. The number of carboxylic acid groups (broad SMARTS) is 1. The lowest BCUT2D eigenvalue weighted by Crippen LogP contribution is -2.04. The molecule has 0 spiro atoms. The number of halogens is 1. The van der Waals surface area contributed by atoms with Crippen LogP contribution in [-0.4, -0.2) is 31.6 Å². The highest BCUT2D eigenvalue weighted by Gasteiger charge is 2.17. The predicted octanol–water partition coefficient (Wildman–Crippen LogP) is 2.59. The SMILES string of the molecule is CCn1c(SCC(=O)O)nnc1-c1ccc(C)cc1F. The summed E-state index contributed by atoms with van der Waals surface area (Å²) in [5.41, 5.74) is 1.20. The Morgan fingerprint density at radius 2 is 2.20 bits per heavy atom. The second kappa shape index (κ2) is 6.04. The summed E-state index contributed by atoms with van der Waals surface area (Å²) in [5.74, 6) is -0.974. The van der Waals surface area contributed by atoms with Gasteiger partial charge in [-0.05, 0) is 31.5 Å². The molecule has 20 heavy (non-hydrogen) atoms. The third-order valence-corrected chi connectivity index (χ3v) is 3.67. The van der Waals surface area contributed by atoms with Gasteiger partial charge in [0.15, 0.2) is 11.0 Å². The fraction of sp³-hybridized carbons (Fsp3) is 0.308. The Bertz CT molecular complexity index is 643. The van der Waals surface area contributed by atoms with E-state index in [9.17, 15) is 9.18 Å². The number of aliphatic carboxylic acids is 1. The second-order valence-electron chi connectivity index (χ2n) is 4.22. The van der Waals surface area contributed by atoms with Gasteiger partial charge in [-0.3, -0.25) is 4.79 Å². The first-order chi connectivity index (χ1) is 9.52. The number of thioether (sulfide) groups is 1. The minimum atomic E-state index is -0.927. The number of aromatic nitrogens is 3. The molecule has 1 aromatic carbocycles. The van der Waals surface area contributed by atoms with Gasteiger partial charge >= 0.3 is 5.97 Å². The molecule has 1 N–H and O–H groups in total. The van der Waals surface area contributed by atoms with Crippen LogP contribution in [0.2, 0.25) is 0 Å². The Labute approximate surface area is 119 Å². The molecule has 2 rings (SSSR count). The maximum absolute atomic E-state index is 14.0. The van der Waals surface area contributed by atoms with Gasteiger partial charge in [0.05, 0.1) is 11.3 Å². The van der Waals surface area contributed by atoms with Gasteiger partial charge in [-0.1, -0.05) is 17.8 Å². The van der Waals surface area contributed by atoms with E-state index < -0.39 is 5.97 Å². The molecule has 0 unspecified atom stereocenters. The fourth-order valence-electron chi connectivity index (χ4n) is 1.81. The molecule has 0 saturated heterocycles. The molecule has 1 aromatic heterocycles. The summed E-state index contributed by atoms with van der Waals surface area (Å²) in [6.07, 6.45) is 0. The van der Waals surface area contributed by atoms with Crippen molar-refractivity contribution in [3.05, 3.63) is 29.6 Å². The van der Waals surface area contributed by atoms with Crippen LogP contribution < -0.4 is 0 Å². The number of carbonyl (C=O) groups is 1. The van der Waals surface area contributed by atoms with Crippen molar-refractivity contribution in [2.45, 2.75) is 25.5 Å². The van der Waals surface area contributed by atoms with Gasteiger partial charge in [-0.25, -0.2) is 4.39 Å². The van der Waals surface area contributed by atoms with Crippen LogP contribution in [0, 0.1) is 12.7 Å². The van der Waals surface area contributed by atoms with E-state index in [1.807, 2.05) is 13.8 Å². The van der Waals surface area contributed by atoms with Crippen molar-refractivity contribution < 1.29 is 14.3 Å². The van der Waals surface area contributed by atoms with Crippen molar-refractivity contribution in [3.63, 3.8) is 0 Å². The molecule has 0 atom stereocenters. The molecule has 0 aliphatic heterocycles. The minimum Gasteiger partial charge on any atom is -0.481 e. The van der Waals surface area contributed by atoms with E-state index in [4.69, 9.17) is 5.11 Å². The van der Waals surface area contributed by atoms with E-state index >= 15 is 0 Å². The number of hydrogen-bond donors (Lipinski definition) is 1. The largest absolute Gasteiger partial charge is 0.481 e. The molecule has 2 aromatic rings. The topological polar surface area (TPSA) is 68.0 Å². The van der Waals surface area contributed by atoms with E-state index in [0.717, 1.165) is 17.3 Å². The smallest absolute Gasteiger partial charge is 0.313 e. The van der Waals surface area contributed by atoms with E-state index in [0.29, 0.717) is 23.1 Å². The summed E-state index contributed by atoms with van der Waals surface area (Å²) in [6, 6.07) is 4.90. The molecule has 7 heteroatoms. The lowest BCUT2D eigenvalue weighted by molar-refractivity contribution is -0.133. The van der Waals surface area contributed by atoms with Crippen molar-refractivity contribution in [1.82, 2.24) is 14.8 Å². The van der Waals surface area contributed by atoms with Crippen LogP contribution in [0.5, 0.6) is 0 Å². The van der Waals surface area contributed by atoms with Gasteiger partial charge < -0.3 is 9.67 Å². The molecule has 0 amide bonds. The van der Waals surface area contributed by atoms with Gasteiger partial charge in [-0.15, -0.1) is 10.2 Å². The first kappa shape index (κ1) is 14.5. The number of rotatable bonds is 5. The molecule has 106 valence electrons. The first-order valence-electron chi connectivity index (χ1n) is 6.07. The summed E-state index contributed by atoms with van der Waals surface area (Å²) in [5, 5.41) is 17.1. The van der Waals surface area contributed by atoms with Crippen LogP contribution in [-0.2, 0) is 11.3 Å². The molecule has 0 fully saturated rings. The van der Waals surface area contributed by atoms with E-state index in [2.05, 4.69) is 10.2 Å². The van der Waals surface area contributed by atoms with Crippen LogP contribution in [0.3, 0.4) is 0 Å². The van der Waals surface area contributed by atoms with Crippen LogP contribution in [0.4, 0.5) is 4.39 Å². The Kier molecular flexibility index (Phi) is 4.39. The van der Waals surface area contributed by atoms with Gasteiger partial charge in [0.25, 0.3) is 0 Å². The van der Waals surface area contributed by atoms with Crippen LogP contribution in [0.15, 0.2) is 23.4 Å². The molecule has 5 nitrogen and oxygen atoms in total. The van der Waals surface area contributed by atoms with Crippen molar-refractivity contribution in [2.75, 3.05) is 5.75 Å². The van der Waals surface area contributed by atoms with Crippen molar-refractivity contribution in [2.24, 2.45) is 0 Å². The van der Waals surface area contributed by atoms with Crippen LogP contribution >= 0.6 is 11.8 Å². The fourth-order valence-corrected chi connectivity index (χ4v) is 2.53. The number of aryl methyl sites for hydroxylation is 1. The average Bonchev–Trinajstić information content (AvgIpc) is 2.79. The molecule has 0 aliphatic carbocycles. The zero-order valence-corrected chi connectivity index (χ0v) is 11.9. The van der Waals surface area contributed by atoms with E-state index in [1.165, 1.54) is 6.07 Å². The third-order valence-electron chi connectivity index (χ3n) is 2.72. The van der Waals surface area contributed by atoms with Gasteiger partial charge in [0.1, 0.15) is 5.82 Å². The maximum Gasteiger partial charge on any atom is 0.313 e. The lowest BCUT2D eigenvalue weighted by atomic mass is 10.1. The number of benzene rings is 1. The van der Waals surface area contributed by atoms with Crippen LogP contribution in [0.1, 0.15) is 12.5 Å². The highest BCUT2D eigenvalue weighted by atomic mass is 32.2. The molecular weight excluding hydrogens is 281 g/mol. The molecule has 0 radical (unpaired) electrons. The van der Waals surface area contributed by atoms with Gasteiger partial charge in [-0.2, -0.15) is 0 Å². The van der Waals surface area contributed by atoms with Crippen LogP contribution in [0.25, 0.3) is 11.4 Å². The molecular formula is C13H14FN3O2S. The van der Waals surface area contributed by atoms with Crippen molar-refractivity contribution in [3.8, 4) is 11.4 Å². The first-order valence-corrected chi connectivity index (χ1v) is 7.05. The zero-order valence-electron chi connectivity index (χ0n) is 11.1. The van der Waals surface area contributed by atoms with Gasteiger partial charge in [0.2, 0.25) is 0 Å². The summed E-state index contributed by atoms with van der Waals surface area (Å²) in [6.45, 7) is 4.23. The average molecular weight is 295 g/mol. The molecule has 0 saturated carbocycles. The molecule has 1 heterocycles. The number of nitrogens with zero attached hydrogens (tertiary/aromatic N) is 3. The second-order valence-corrected chi connectivity index (χ2v) is 5.16.